The number of esters is 1. The molecule has 3 aromatic rings. The van der Waals surface area contributed by atoms with Crippen molar-refractivity contribution in [2.24, 2.45) is 0 Å². The number of methoxy groups -OCH3 is 1. The van der Waals surface area contributed by atoms with Crippen molar-refractivity contribution in [3.05, 3.63) is 64.3 Å². The van der Waals surface area contributed by atoms with E-state index in [1.54, 1.807) is 12.0 Å². The summed E-state index contributed by atoms with van der Waals surface area (Å²) in [5.41, 5.74) is 2.15. The van der Waals surface area contributed by atoms with Crippen molar-refractivity contribution in [3.8, 4) is 5.75 Å². The number of carbonyl (C=O) groups is 2. The number of amides is 1. The standard InChI is InChI=1S/C22H21BrN2O4/c1-28-16-10-6-14(7-11-16)12-25(15-8-9-15)19(26)13-29-22(27)21-20(23)17-4-2-3-5-18(17)24-21/h2-7,10-11,15,24H,8-9,12-13H2,1H3. The van der Waals surface area contributed by atoms with E-state index in [1.165, 1.54) is 0 Å². The van der Waals surface area contributed by atoms with E-state index in [-0.39, 0.29) is 18.6 Å². The number of nitrogens with one attached hydrogen (secondary N) is 1. The van der Waals surface area contributed by atoms with Gasteiger partial charge < -0.3 is 19.4 Å². The van der Waals surface area contributed by atoms with E-state index in [1.807, 2.05) is 48.5 Å². The summed E-state index contributed by atoms with van der Waals surface area (Å²) in [4.78, 5) is 30.1. The number of carbonyl (C=O) groups excluding carboxylic acids is 2. The summed E-state index contributed by atoms with van der Waals surface area (Å²) >= 11 is 3.44. The van der Waals surface area contributed by atoms with Crippen LogP contribution < -0.4 is 4.74 Å². The molecule has 2 aromatic carbocycles. The van der Waals surface area contributed by atoms with Crippen LogP contribution in [0.1, 0.15) is 28.9 Å². The van der Waals surface area contributed by atoms with E-state index in [4.69, 9.17) is 9.47 Å². The van der Waals surface area contributed by atoms with E-state index >= 15 is 0 Å². The summed E-state index contributed by atoms with van der Waals surface area (Å²) < 4.78 is 11.1. The zero-order chi connectivity index (χ0) is 20.4. The van der Waals surface area contributed by atoms with Gasteiger partial charge >= 0.3 is 5.97 Å². The number of ether oxygens (including phenoxy) is 2. The van der Waals surface area contributed by atoms with Gasteiger partial charge in [0.1, 0.15) is 11.4 Å². The lowest BCUT2D eigenvalue weighted by molar-refractivity contribution is -0.135. The van der Waals surface area contributed by atoms with Gasteiger partial charge in [0.2, 0.25) is 0 Å². The van der Waals surface area contributed by atoms with Crippen LogP contribution in [0.5, 0.6) is 5.75 Å². The number of benzene rings is 2. The Morgan fingerprint density at radius 1 is 1.14 bits per heavy atom. The maximum Gasteiger partial charge on any atom is 0.356 e. The molecule has 0 unspecified atom stereocenters. The first-order valence-corrected chi connectivity index (χ1v) is 10.2. The number of para-hydroxylation sites is 1. The molecule has 0 radical (unpaired) electrons. The van der Waals surface area contributed by atoms with Gasteiger partial charge in [0.15, 0.2) is 6.61 Å². The molecular formula is C22H21BrN2O4. The Bertz CT molecular complexity index is 1040. The molecule has 1 amide bonds. The molecule has 7 heteroatoms. The lowest BCUT2D eigenvalue weighted by atomic mass is 10.2. The Balaban J connectivity index is 1.41. The molecule has 6 nitrogen and oxygen atoms in total. The molecule has 0 spiro atoms. The van der Waals surface area contributed by atoms with Gasteiger partial charge in [-0.1, -0.05) is 30.3 Å². The van der Waals surface area contributed by atoms with Gasteiger partial charge in [-0.2, -0.15) is 0 Å². The minimum atomic E-state index is -0.554. The van der Waals surface area contributed by atoms with E-state index in [9.17, 15) is 9.59 Å². The second-order valence-corrected chi connectivity index (χ2v) is 7.83. The van der Waals surface area contributed by atoms with Crippen LogP contribution in [-0.4, -0.2) is 41.5 Å². The molecule has 29 heavy (non-hydrogen) atoms. The summed E-state index contributed by atoms with van der Waals surface area (Å²) in [7, 11) is 1.62. The molecule has 0 saturated heterocycles. The van der Waals surface area contributed by atoms with Crippen LogP contribution in [-0.2, 0) is 16.1 Å². The van der Waals surface area contributed by atoms with Crippen LogP contribution in [0.4, 0.5) is 0 Å². The van der Waals surface area contributed by atoms with E-state index in [2.05, 4.69) is 20.9 Å². The Labute approximate surface area is 176 Å². The number of halogens is 1. The number of aromatic amines is 1. The molecule has 1 fully saturated rings. The number of nitrogens with zero attached hydrogens (tertiary/aromatic N) is 1. The molecule has 0 bridgehead atoms. The Kier molecular flexibility index (Phi) is 5.58. The van der Waals surface area contributed by atoms with Crippen LogP contribution in [0, 0.1) is 0 Å². The van der Waals surface area contributed by atoms with E-state index in [0.717, 1.165) is 35.1 Å². The van der Waals surface area contributed by atoms with Gasteiger partial charge in [0, 0.05) is 23.5 Å². The molecular weight excluding hydrogens is 436 g/mol. The van der Waals surface area contributed by atoms with Crippen molar-refractivity contribution >= 4 is 38.7 Å². The summed E-state index contributed by atoms with van der Waals surface area (Å²) in [5, 5.41) is 0.893. The number of H-pyrrole nitrogens is 1. The van der Waals surface area contributed by atoms with Gasteiger partial charge in [0.05, 0.1) is 11.6 Å². The highest BCUT2D eigenvalue weighted by atomic mass is 79.9. The minimum Gasteiger partial charge on any atom is -0.497 e. The SMILES string of the molecule is COc1ccc(CN(C(=O)COC(=O)c2[nH]c3ccccc3c2Br)C2CC2)cc1. The van der Waals surface area contributed by atoms with Crippen LogP contribution in [0.25, 0.3) is 10.9 Å². The van der Waals surface area contributed by atoms with Crippen molar-refractivity contribution < 1.29 is 19.1 Å². The maximum atomic E-state index is 12.7. The summed E-state index contributed by atoms with van der Waals surface area (Å²) in [6.07, 6.45) is 1.95. The van der Waals surface area contributed by atoms with Crippen molar-refractivity contribution in [3.63, 3.8) is 0 Å². The molecule has 1 aromatic heterocycles. The van der Waals surface area contributed by atoms with Crippen molar-refractivity contribution in [1.29, 1.82) is 0 Å². The number of aromatic nitrogens is 1. The third kappa shape index (κ3) is 4.29. The van der Waals surface area contributed by atoms with Crippen molar-refractivity contribution in [2.75, 3.05) is 13.7 Å². The van der Waals surface area contributed by atoms with E-state index < -0.39 is 5.97 Å². The average Bonchev–Trinajstić information content (AvgIpc) is 3.54. The second-order valence-electron chi connectivity index (χ2n) is 7.04. The first kappa shape index (κ1) is 19.5. The maximum absolute atomic E-state index is 12.7. The number of hydrogen-bond donors (Lipinski definition) is 1. The fourth-order valence-corrected chi connectivity index (χ4v) is 3.87. The Morgan fingerprint density at radius 2 is 1.86 bits per heavy atom. The summed E-state index contributed by atoms with van der Waals surface area (Å²) in [6.45, 7) is 0.203. The molecule has 0 aliphatic heterocycles. The quantitative estimate of drug-likeness (QED) is 0.538. The van der Waals surface area contributed by atoms with E-state index in [0.29, 0.717) is 16.7 Å². The molecule has 0 atom stereocenters. The predicted molar refractivity (Wildman–Crippen MR) is 113 cm³/mol. The highest BCUT2D eigenvalue weighted by Crippen LogP contribution is 2.30. The highest BCUT2D eigenvalue weighted by Gasteiger charge is 2.33. The first-order valence-electron chi connectivity index (χ1n) is 9.42. The van der Waals surface area contributed by atoms with Crippen LogP contribution in [0.3, 0.4) is 0 Å². The van der Waals surface area contributed by atoms with Gasteiger partial charge in [-0.3, -0.25) is 4.79 Å². The predicted octanol–water partition coefficient (Wildman–Crippen LogP) is 4.29. The van der Waals surface area contributed by atoms with Gasteiger partial charge in [-0.15, -0.1) is 0 Å². The monoisotopic (exact) mass is 456 g/mol. The fourth-order valence-electron chi connectivity index (χ4n) is 3.27. The summed E-state index contributed by atoms with van der Waals surface area (Å²) in [5.74, 6) is 0.0291. The minimum absolute atomic E-state index is 0.191. The first-order chi connectivity index (χ1) is 14.1. The number of fused-ring (bicyclic) bond motifs is 1. The Morgan fingerprint density at radius 3 is 2.52 bits per heavy atom. The molecule has 4 rings (SSSR count). The zero-order valence-electron chi connectivity index (χ0n) is 16.0. The highest BCUT2D eigenvalue weighted by molar-refractivity contribution is 9.10. The summed E-state index contributed by atoms with van der Waals surface area (Å²) in [6, 6.07) is 15.4. The van der Waals surface area contributed by atoms with Crippen molar-refractivity contribution in [1.82, 2.24) is 9.88 Å². The average molecular weight is 457 g/mol. The smallest absolute Gasteiger partial charge is 0.356 e. The zero-order valence-corrected chi connectivity index (χ0v) is 17.6. The van der Waals surface area contributed by atoms with Gasteiger partial charge in [0.25, 0.3) is 5.91 Å². The largest absolute Gasteiger partial charge is 0.497 e. The molecule has 150 valence electrons. The Hall–Kier alpha value is -2.80. The van der Waals surface area contributed by atoms with Gasteiger partial charge in [-0.05, 0) is 52.5 Å². The topological polar surface area (TPSA) is 71.6 Å². The molecule has 1 heterocycles. The molecule has 1 aliphatic rings. The molecule has 1 N–H and O–H groups in total. The van der Waals surface area contributed by atoms with Crippen LogP contribution in [0.15, 0.2) is 53.0 Å². The van der Waals surface area contributed by atoms with Crippen LogP contribution >= 0.6 is 15.9 Å². The van der Waals surface area contributed by atoms with Crippen molar-refractivity contribution in [2.45, 2.75) is 25.4 Å². The van der Waals surface area contributed by atoms with Gasteiger partial charge in [-0.25, -0.2) is 4.79 Å². The third-order valence-corrected chi connectivity index (χ3v) is 5.82. The number of hydrogen-bond acceptors (Lipinski definition) is 4. The fraction of sp³-hybridized carbons (Fsp3) is 0.273. The molecule has 1 aliphatic carbocycles. The lowest BCUT2D eigenvalue weighted by Crippen LogP contribution is -2.36. The third-order valence-electron chi connectivity index (χ3n) is 4.99. The normalized spacial score (nSPS) is 13.3. The second kappa shape index (κ2) is 8.29. The van der Waals surface area contributed by atoms with Crippen LogP contribution in [0.2, 0.25) is 0 Å². The number of rotatable bonds is 7. The molecule has 1 saturated carbocycles. The lowest BCUT2D eigenvalue weighted by Gasteiger charge is -2.22.